The molecule has 8 nitrogen and oxygen atoms in total. The number of benzene rings is 1. The molecule has 0 saturated heterocycles. The summed E-state index contributed by atoms with van der Waals surface area (Å²) < 4.78 is 35.3. The first-order valence-corrected chi connectivity index (χ1v) is 10.4. The summed E-state index contributed by atoms with van der Waals surface area (Å²) in [7, 11) is -2.62. The van der Waals surface area contributed by atoms with E-state index in [2.05, 4.69) is 15.0 Å². The molecule has 0 saturated carbocycles. The number of amides is 1. The highest BCUT2D eigenvalue weighted by Gasteiger charge is 2.20. The van der Waals surface area contributed by atoms with Gasteiger partial charge < -0.3 is 14.8 Å². The van der Waals surface area contributed by atoms with E-state index in [1.54, 1.807) is 32.9 Å². The van der Waals surface area contributed by atoms with Gasteiger partial charge in [0, 0.05) is 12.7 Å². The molecule has 0 bridgehead atoms. The highest BCUT2D eigenvalue weighted by atomic mass is 32.2. The topological polar surface area (TPSA) is 112 Å². The Bertz CT molecular complexity index is 979. The number of nitrogens with zero attached hydrogens (tertiary/aromatic N) is 1. The third kappa shape index (κ3) is 6.28. The quantitative estimate of drug-likeness (QED) is 0.715. The third-order valence-electron chi connectivity index (χ3n) is 3.75. The maximum atomic E-state index is 12.8. The van der Waals surface area contributed by atoms with E-state index in [1.807, 2.05) is 0 Å². The van der Waals surface area contributed by atoms with E-state index in [4.69, 9.17) is 4.74 Å². The van der Waals surface area contributed by atoms with Crippen LogP contribution in [0.1, 0.15) is 36.8 Å². The normalized spacial score (nSPS) is 11.6. The molecule has 0 fully saturated rings. The number of esters is 1. The number of ether oxygens (including phenoxy) is 2. The molecule has 0 radical (unpaired) electrons. The largest absolute Gasteiger partial charge is 0.464 e. The Labute approximate surface area is 170 Å². The molecule has 1 aromatic carbocycles. The second-order valence-electron chi connectivity index (χ2n) is 7.19. The van der Waals surface area contributed by atoms with Crippen molar-refractivity contribution >= 4 is 21.9 Å². The van der Waals surface area contributed by atoms with Crippen molar-refractivity contribution in [1.29, 1.82) is 0 Å². The SMILES string of the molecule is COC(=O)c1cc(S(=O)(=O)c2ccc(CCNC(=O)OC(C)(C)C)cc2)ccn1. The molecule has 0 atom stereocenters. The molecule has 29 heavy (non-hydrogen) atoms. The zero-order valence-electron chi connectivity index (χ0n) is 16.8. The van der Waals surface area contributed by atoms with Crippen LogP contribution in [0.4, 0.5) is 4.79 Å². The highest BCUT2D eigenvalue weighted by Crippen LogP contribution is 2.21. The van der Waals surface area contributed by atoms with Crippen molar-refractivity contribution in [2.45, 2.75) is 42.6 Å². The number of rotatable bonds is 6. The molecular weight excluding hydrogens is 396 g/mol. The van der Waals surface area contributed by atoms with E-state index in [0.717, 1.165) is 5.56 Å². The monoisotopic (exact) mass is 420 g/mol. The Morgan fingerprint density at radius 3 is 2.31 bits per heavy atom. The van der Waals surface area contributed by atoms with Crippen LogP contribution in [-0.4, -0.2) is 44.7 Å². The molecule has 156 valence electrons. The Morgan fingerprint density at radius 2 is 1.72 bits per heavy atom. The van der Waals surface area contributed by atoms with Crippen molar-refractivity contribution in [3.8, 4) is 0 Å². The molecule has 1 N–H and O–H groups in total. The molecule has 0 aliphatic heterocycles. The molecule has 0 aliphatic rings. The lowest BCUT2D eigenvalue weighted by Crippen LogP contribution is -2.33. The summed E-state index contributed by atoms with van der Waals surface area (Å²) in [5.41, 5.74) is 0.198. The number of nitrogens with one attached hydrogen (secondary N) is 1. The number of hydrogen-bond donors (Lipinski definition) is 1. The number of carbonyl (C=O) groups is 2. The average molecular weight is 420 g/mol. The fourth-order valence-corrected chi connectivity index (χ4v) is 3.66. The van der Waals surface area contributed by atoms with Gasteiger partial charge in [0.15, 0.2) is 0 Å². The maximum absolute atomic E-state index is 12.8. The van der Waals surface area contributed by atoms with Gasteiger partial charge in [-0.3, -0.25) is 0 Å². The Balaban J connectivity index is 2.06. The third-order valence-corrected chi connectivity index (χ3v) is 5.52. The number of aromatic nitrogens is 1. The van der Waals surface area contributed by atoms with Crippen LogP contribution in [0.2, 0.25) is 0 Å². The summed E-state index contributed by atoms with van der Waals surface area (Å²) in [5, 5.41) is 2.65. The van der Waals surface area contributed by atoms with E-state index < -0.39 is 27.5 Å². The van der Waals surface area contributed by atoms with Crippen LogP contribution in [-0.2, 0) is 25.7 Å². The summed E-state index contributed by atoms with van der Waals surface area (Å²) in [6, 6.07) is 8.81. The molecule has 0 aliphatic carbocycles. The van der Waals surface area contributed by atoms with Gasteiger partial charge in [-0.25, -0.2) is 23.0 Å². The minimum absolute atomic E-state index is 0.0488. The van der Waals surface area contributed by atoms with Crippen molar-refractivity contribution < 1.29 is 27.5 Å². The van der Waals surface area contributed by atoms with E-state index in [0.29, 0.717) is 13.0 Å². The van der Waals surface area contributed by atoms with Crippen LogP contribution in [0.25, 0.3) is 0 Å². The van der Waals surface area contributed by atoms with Gasteiger partial charge in [0.25, 0.3) is 0 Å². The molecular formula is C20H24N2O6S. The molecule has 0 spiro atoms. The summed E-state index contributed by atoms with van der Waals surface area (Å²) in [4.78, 5) is 27.1. The second-order valence-corrected chi connectivity index (χ2v) is 9.14. The van der Waals surface area contributed by atoms with Gasteiger partial charge in [-0.1, -0.05) is 12.1 Å². The van der Waals surface area contributed by atoms with Crippen LogP contribution in [0, 0.1) is 0 Å². The number of methoxy groups -OCH3 is 1. The van der Waals surface area contributed by atoms with Gasteiger partial charge in [-0.2, -0.15) is 0 Å². The summed E-state index contributed by atoms with van der Waals surface area (Å²) in [5.74, 6) is -0.713. The van der Waals surface area contributed by atoms with Crippen molar-refractivity contribution in [2.75, 3.05) is 13.7 Å². The van der Waals surface area contributed by atoms with Crippen LogP contribution in [0.15, 0.2) is 52.4 Å². The number of hydrogen-bond acceptors (Lipinski definition) is 7. The van der Waals surface area contributed by atoms with Crippen molar-refractivity contribution in [1.82, 2.24) is 10.3 Å². The first-order chi connectivity index (χ1) is 13.5. The van der Waals surface area contributed by atoms with E-state index in [-0.39, 0.29) is 15.5 Å². The van der Waals surface area contributed by atoms with Crippen LogP contribution >= 0.6 is 0 Å². The predicted octanol–water partition coefficient (Wildman–Crippen LogP) is 2.77. The molecule has 9 heteroatoms. The molecule has 2 rings (SSSR count). The number of alkyl carbamates (subject to hydrolysis) is 1. The highest BCUT2D eigenvalue weighted by molar-refractivity contribution is 7.91. The zero-order valence-corrected chi connectivity index (χ0v) is 17.6. The Hall–Kier alpha value is -2.94. The summed E-state index contributed by atoms with van der Waals surface area (Å²) in [6.07, 6.45) is 1.26. The van der Waals surface area contributed by atoms with Gasteiger partial charge in [-0.05, 0) is 57.0 Å². The lowest BCUT2D eigenvalue weighted by molar-refractivity contribution is 0.0527. The van der Waals surface area contributed by atoms with Crippen LogP contribution in [0.3, 0.4) is 0 Å². The number of sulfone groups is 1. The lowest BCUT2D eigenvalue weighted by atomic mass is 10.1. The van der Waals surface area contributed by atoms with E-state index in [1.165, 1.54) is 37.6 Å². The average Bonchev–Trinajstić information content (AvgIpc) is 2.66. The lowest BCUT2D eigenvalue weighted by Gasteiger charge is -2.19. The summed E-state index contributed by atoms with van der Waals surface area (Å²) in [6.45, 7) is 5.70. The summed E-state index contributed by atoms with van der Waals surface area (Å²) >= 11 is 0. The fourth-order valence-electron chi connectivity index (χ4n) is 2.39. The molecule has 2 aromatic rings. The standard InChI is InChI=1S/C20H24N2O6S/c1-20(2,3)28-19(24)22-11-9-14-5-7-15(8-6-14)29(25,26)16-10-12-21-17(13-16)18(23)27-4/h5-8,10,12-13H,9,11H2,1-4H3,(H,22,24). The number of carbonyl (C=O) groups excluding carboxylic acids is 2. The van der Waals surface area contributed by atoms with Gasteiger partial charge in [0.05, 0.1) is 16.9 Å². The van der Waals surface area contributed by atoms with Gasteiger partial charge in [0.1, 0.15) is 11.3 Å². The molecule has 0 unspecified atom stereocenters. The Kier molecular flexibility index (Phi) is 6.97. The molecule has 1 aromatic heterocycles. The smallest absolute Gasteiger partial charge is 0.407 e. The predicted molar refractivity (Wildman–Crippen MR) is 105 cm³/mol. The molecule has 1 heterocycles. The second kappa shape index (κ2) is 9.04. The first-order valence-electron chi connectivity index (χ1n) is 8.88. The van der Waals surface area contributed by atoms with E-state index in [9.17, 15) is 18.0 Å². The van der Waals surface area contributed by atoms with E-state index >= 15 is 0 Å². The van der Waals surface area contributed by atoms with Gasteiger partial charge in [0.2, 0.25) is 9.84 Å². The maximum Gasteiger partial charge on any atom is 0.407 e. The van der Waals surface area contributed by atoms with Crippen molar-refractivity contribution in [2.24, 2.45) is 0 Å². The van der Waals surface area contributed by atoms with Crippen molar-refractivity contribution in [3.05, 3.63) is 53.9 Å². The first kappa shape index (κ1) is 22.4. The minimum Gasteiger partial charge on any atom is -0.464 e. The Morgan fingerprint density at radius 1 is 1.07 bits per heavy atom. The van der Waals surface area contributed by atoms with Gasteiger partial charge >= 0.3 is 12.1 Å². The minimum atomic E-state index is -3.81. The number of pyridine rings is 1. The van der Waals surface area contributed by atoms with Crippen LogP contribution < -0.4 is 5.32 Å². The van der Waals surface area contributed by atoms with Gasteiger partial charge in [-0.15, -0.1) is 0 Å². The zero-order chi connectivity index (χ0) is 21.7. The van der Waals surface area contributed by atoms with Crippen LogP contribution in [0.5, 0.6) is 0 Å². The fraction of sp³-hybridized carbons (Fsp3) is 0.350. The molecule has 1 amide bonds. The van der Waals surface area contributed by atoms with Crippen molar-refractivity contribution in [3.63, 3.8) is 0 Å².